The number of rotatable bonds is 6. The Kier molecular flexibility index (Phi) is 5.06. The van der Waals surface area contributed by atoms with Gasteiger partial charge in [0.2, 0.25) is 0 Å². The Morgan fingerprint density at radius 2 is 2.28 bits per heavy atom. The van der Waals surface area contributed by atoms with Crippen LogP contribution in [0, 0.1) is 6.92 Å². The zero-order chi connectivity index (χ0) is 13.9. The summed E-state index contributed by atoms with van der Waals surface area (Å²) < 4.78 is 6.62. The largest absolute Gasteiger partial charge is 0.389 e. The molecule has 0 saturated heterocycles. The lowest BCUT2D eigenvalue weighted by Crippen LogP contribution is -2.34. The molecule has 0 amide bonds. The third-order valence-corrected chi connectivity index (χ3v) is 2.85. The molecule has 0 aliphatic carbocycles. The lowest BCUT2D eigenvalue weighted by atomic mass is 10.2. The van der Waals surface area contributed by atoms with Crippen LogP contribution in [0.2, 0.25) is 0 Å². The molecule has 1 heterocycles. The van der Waals surface area contributed by atoms with Gasteiger partial charge in [0.25, 0.3) is 0 Å². The Balaban J connectivity index is 2.98. The summed E-state index contributed by atoms with van der Waals surface area (Å²) in [6.45, 7) is 2.56. The molecule has 0 aliphatic rings. The van der Waals surface area contributed by atoms with Gasteiger partial charge in [0, 0.05) is 27.7 Å². The van der Waals surface area contributed by atoms with Crippen molar-refractivity contribution in [2.24, 2.45) is 12.8 Å². The van der Waals surface area contributed by atoms with Gasteiger partial charge in [-0.15, -0.1) is 0 Å². The summed E-state index contributed by atoms with van der Waals surface area (Å²) in [7, 11) is 5.23. The van der Waals surface area contributed by atoms with E-state index in [1.165, 1.54) is 0 Å². The van der Waals surface area contributed by atoms with Crippen LogP contribution < -0.4 is 10.6 Å². The van der Waals surface area contributed by atoms with E-state index in [2.05, 4.69) is 5.10 Å². The van der Waals surface area contributed by atoms with E-state index in [0.29, 0.717) is 11.5 Å². The van der Waals surface area contributed by atoms with E-state index in [1.54, 1.807) is 11.8 Å². The van der Waals surface area contributed by atoms with Crippen LogP contribution in [0.4, 0.5) is 5.82 Å². The van der Waals surface area contributed by atoms with Crippen molar-refractivity contribution < 1.29 is 9.84 Å². The molecule has 1 aromatic rings. The molecule has 102 valence electrons. The summed E-state index contributed by atoms with van der Waals surface area (Å²) in [4.78, 5) is 2.18. The average Bonchev–Trinajstić information content (AvgIpc) is 2.53. The average molecular weight is 272 g/mol. The van der Waals surface area contributed by atoms with Gasteiger partial charge in [0.15, 0.2) is 0 Å². The smallest absolute Gasteiger partial charge is 0.136 e. The maximum Gasteiger partial charge on any atom is 0.136 e. The van der Waals surface area contributed by atoms with Crippen LogP contribution in [0.25, 0.3) is 0 Å². The molecule has 0 aromatic carbocycles. The summed E-state index contributed by atoms with van der Waals surface area (Å²) in [6, 6.07) is 0. The fraction of sp³-hybridized carbons (Fsp3) is 0.636. The van der Waals surface area contributed by atoms with E-state index in [9.17, 15) is 5.11 Å². The lowest BCUT2D eigenvalue weighted by Gasteiger charge is -2.23. The first-order valence-corrected chi connectivity index (χ1v) is 6.00. The van der Waals surface area contributed by atoms with Gasteiger partial charge >= 0.3 is 0 Å². The highest BCUT2D eigenvalue weighted by atomic mass is 32.1. The van der Waals surface area contributed by atoms with Gasteiger partial charge in [0.1, 0.15) is 10.8 Å². The molecule has 6 nitrogen and oxygen atoms in total. The van der Waals surface area contributed by atoms with Crippen LogP contribution in [-0.2, 0) is 11.8 Å². The van der Waals surface area contributed by atoms with E-state index in [-0.39, 0.29) is 6.61 Å². The van der Waals surface area contributed by atoms with Gasteiger partial charge in [-0.3, -0.25) is 4.68 Å². The normalized spacial score (nSPS) is 12.5. The topological polar surface area (TPSA) is 76.5 Å². The van der Waals surface area contributed by atoms with Crippen molar-refractivity contribution in [2.45, 2.75) is 13.0 Å². The van der Waals surface area contributed by atoms with Crippen LogP contribution in [-0.4, -0.2) is 53.3 Å². The number of aromatic nitrogens is 2. The predicted octanol–water partition coefficient (Wildman–Crippen LogP) is -0.194. The van der Waals surface area contributed by atoms with Crippen LogP contribution in [0.1, 0.15) is 11.3 Å². The van der Waals surface area contributed by atoms with E-state index < -0.39 is 6.10 Å². The minimum Gasteiger partial charge on any atom is -0.389 e. The molecule has 0 saturated carbocycles. The van der Waals surface area contributed by atoms with Crippen molar-refractivity contribution >= 4 is 23.0 Å². The number of hydrogen-bond acceptors (Lipinski definition) is 5. The van der Waals surface area contributed by atoms with Gasteiger partial charge in [-0.05, 0) is 6.92 Å². The Morgan fingerprint density at radius 3 is 2.78 bits per heavy atom. The number of anilines is 1. The standard InChI is InChI=1S/C11H20N4O2S/c1-7-9(10(12)18)11(15(3)13-7)14(2)5-8(16)6-17-4/h8,16H,5-6H2,1-4H3,(H2,12,18). The Morgan fingerprint density at radius 1 is 1.67 bits per heavy atom. The van der Waals surface area contributed by atoms with E-state index in [4.69, 9.17) is 22.7 Å². The molecule has 18 heavy (non-hydrogen) atoms. The highest BCUT2D eigenvalue weighted by Crippen LogP contribution is 2.22. The van der Waals surface area contributed by atoms with Gasteiger partial charge < -0.3 is 20.5 Å². The number of likely N-dealkylation sites (N-methyl/N-ethyl adjacent to an activating group) is 1. The Bertz CT molecular complexity index is 433. The first-order chi connectivity index (χ1) is 8.38. The Hall–Kier alpha value is -1.18. The maximum absolute atomic E-state index is 9.75. The third-order valence-electron chi connectivity index (χ3n) is 2.64. The number of ether oxygens (including phenoxy) is 1. The fourth-order valence-electron chi connectivity index (χ4n) is 2.02. The summed E-state index contributed by atoms with van der Waals surface area (Å²) in [5.41, 5.74) is 7.26. The number of nitrogens with zero attached hydrogens (tertiary/aromatic N) is 3. The van der Waals surface area contributed by atoms with Crippen molar-refractivity contribution in [3.05, 3.63) is 11.3 Å². The molecular weight excluding hydrogens is 252 g/mol. The first-order valence-electron chi connectivity index (χ1n) is 5.60. The van der Waals surface area contributed by atoms with Crippen molar-refractivity contribution in [1.29, 1.82) is 0 Å². The van der Waals surface area contributed by atoms with E-state index in [0.717, 1.165) is 17.1 Å². The van der Waals surface area contributed by atoms with Crippen molar-refractivity contribution in [3.63, 3.8) is 0 Å². The molecule has 0 spiro atoms. The summed E-state index contributed by atoms with van der Waals surface area (Å²) in [5.74, 6) is 0.801. The van der Waals surface area contributed by atoms with Crippen LogP contribution in [0.5, 0.6) is 0 Å². The summed E-state index contributed by atoms with van der Waals surface area (Å²) in [6.07, 6.45) is -0.575. The number of nitrogens with two attached hydrogens (primary N) is 1. The van der Waals surface area contributed by atoms with Crippen LogP contribution >= 0.6 is 12.2 Å². The van der Waals surface area contributed by atoms with Crippen LogP contribution in [0.15, 0.2) is 0 Å². The number of methoxy groups -OCH3 is 1. The van der Waals surface area contributed by atoms with Gasteiger partial charge in [-0.1, -0.05) is 12.2 Å². The fourth-order valence-corrected chi connectivity index (χ4v) is 2.26. The van der Waals surface area contributed by atoms with Gasteiger partial charge in [0.05, 0.1) is 24.0 Å². The Labute approximate surface area is 112 Å². The zero-order valence-corrected chi connectivity index (χ0v) is 12.0. The number of aliphatic hydroxyl groups excluding tert-OH is 1. The number of aliphatic hydroxyl groups is 1. The summed E-state index contributed by atoms with van der Waals surface area (Å²) >= 11 is 5.05. The van der Waals surface area contributed by atoms with Crippen molar-refractivity contribution in [2.75, 3.05) is 32.2 Å². The second-order valence-electron chi connectivity index (χ2n) is 4.26. The quantitative estimate of drug-likeness (QED) is 0.699. The van der Waals surface area contributed by atoms with Crippen molar-refractivity contribution in [1.82, 2.24) is 9.78 Å². The van der Waals surface area contributed by atoms with Gasteiger partial charge in [-0.25, -0.2) is 0 Å². The molecule has 1 unspecified atom stereocenters. The molecule has 0 radical (unpaired) electrons. The van der Waals surface area contributed by atoms with Crippen LogP contribution in [0.3, 0.4) is 0 Å². The highest BCUT2D eigenvalue weighted by Gasteiger charge is 2.20. The molecule has 0 bridgehead atoms. The predicted molar refractivity (Wildman–Crippen MR) is 75.0 cm³/mol. The molecule has 0 aliphatic heterocycles. The molecule has 0 fully saturated rings. The number of thiocarbonyl (C=S) groups is 1. The molecule has 3 N–H and O–H groups in total. The minimum absolute atomic E-state index is 0.281. The maximum atomic E-state index is 9.75. The number of hydrogen-bond donors (Lipinski definition) is 2. The first kappa shape index (κ1) is 14.9. The van der Waals surface area contributed by atoms with Gasteiger partial charge in [-0.2, -0.15) is 5.10 Å². The molecule has 1 atom stereocenters. The number of aryl methyl sites for hydroxylation is 2. The minimum atomic E-state index is -0.575. The molecule has 7 heteroatoms. The molecular formula is C11H20N4O2S. The SMILES string of the molecule is COCC(O)CN(C)c1c(C(N)=S)c(C)nn1C. The second-order valence-corrected chi connectivity index (χ2v) is 4.70. The molecule has 1 rings (SSSR count). The zero-order valence-electron chi connectivity index (χ0n) is 11.2. The summed E-state index contributed by atoms with van der Waals surface area (Å²) in [5, 5.41) is 14.0. The van der Waals surface area contributed by atoms with E-state index in [1.807, 2.05) is 25.9 Å². The molecule has 1 aromatic heterocycles. The second kappa shape index (κ2) is 6.12. The van der Waals surface area contributed by atoms with E-state index >= 15 is 0 Å². The third kappa shape index (κ3) is 3.18. The lowest BCUT2D eigenvalue weighted by molar-refractivity contribution is 0.0693. The van der Waals surface area contributed by atoms with Crippen molar-refractivity contribution in [3.8, 4) is 0 Å². The highest BCUT2D eigenvalue weighted by molar-refractivity contribution is 7.80. The monoisotopic (exact) mass is 272 g/mol.